The molecule has 2 rings (SSSR count). The monoisotopic (exact) mass is 325 g/mol. The van der Waals surface area contributed by atoms with Gasteiger partial charge in [0.25, 0.3) is 0 Å². The molecule has 0 aliphatic heterocycles. The third-order valence-electron chi connectivity index (χ3n) is 3.84. The molecule has 1 heterocycles. The van der Waals surface area contributed by atoms with Crippen molar-refractivity contribution in [3.63, 3.8) is 0 Å². The van der Waals surface area contributed by atoms with Crippen LogP contribution in [-0.2, 0) is 22.6 Å². The zero-order valence-electron chi connectivity index (χ0n) is 14.2. The topological polar surface area (TPSA) is 62.3 Å². The Bertz CT molecular complexity index is 686. The molecule has 0 unspecified atom stereocenters. The quantitative estimate of drug-likeness (QED) is 0.848. The SMILES string of the molecule is CC(=O)N(CCNC(=O)Cc1ccccc1C)Cc1ccccn1. The zero-order valence-corrected chi connectivity index (χ0v) is 14.2. The number of benzene rings is 1. The molecule has 5 heteroatoms. The Labute approximate surface area is 142 Å². The molecule has 2 amide bonds. The fourth-order valence-corrected chi connectivity index (χ4v) is 2.41. The maximum absolute atomic E-state index is 12.0. The fourth-order valence-electron chi connectivity index (χ4n) is 2.41. The molecule has 1 N–H and O–H groups in total. The van der Waals surface area contributed by atoms with Gasteiger partial charge < -0.3 is 10.2 Å². The normalized spacial score (nSPS) is 10.2. The maximum atomic E-state index is 12.0. The van der Waals surface area contributed by atoms with Crippen molar-refractivity contribution in [1.82, 2.24) is 15.2 Å². The largest absolute Gasteiger partial charge is 0.354 e. The molecule has 0 atom stereocenters. The Balaban J connectivity index is 1.81. The third-order valence-corrected chi connectivity index (χ3v) is 3.84. The maximum Gasteiger partial charge on any atom is 0.224 e. The molecule has 1 aromatic heterocycles. The molecule has 24 heavy (non-hydrogen) atoms. The minimum atomic E-state index is -0.0364. The number of carbonyl (C=O) groups is 2. The van der Waals surface area contributed by atoms with E-state index < -0.39 is 0 Å². The summed E-state index contributed by atoms with van der Waals surface area (Å²) in [5.74, 6) is -0.0700. The lowest BCUT2D eigenvalue weighted by Crippen LogP contribution is -2.37. The summed E-state index contributed by atoms with van der Waals surface area (Å²) in [6.45, 7) is 4.86. The van der Waals surface area contributed by atoms with Crippen molar-refractivity contribution in [3.8, 4) is 0 Å². The number of pyridine rings is 1. The number of carbonyl (C=O) groups excluding carboxylic acids is 2. The molecule has 0 aliphatic carbocycles. The molecule has 0 fully saturated rings. The highest BCUT2D eigenvalue weighted by atomic mass is 16.2. The summed E-state index contributed by atoms with van der Waals surface area (Å²) >= 11 is 0. The van der Waals surface area contributed by atoms with Gasteiger partial charge in [-0.05, 0) is 30.2 Å². The predicted molar refractivity (Wildman–Crippen MR) is 93.2 cm³/mol. The molecule has 2 aromatic rings. The fraction of sp³-hybridized carbons (Fsp3) is 0.316. The molecule has 126 valence electrons. The van der Waals surface area contributed by atoms with Gasteiger partial charge >= 0.3 is 0 Å². The lowest BCUT2D eigenvalue weighted by Gasteiger charge is -2.21. The number of amides is 2. The van der Waals surface area contributed by atoms with Gasteiger partial charge in [-0.15, -0.1) is 0 Å². The van der Waals surface area contributed by atoms with Gasteiger partial charge in [-0.2, -0.15) is 0 Å². The number of aryl methyl sites for hydroxylation is 1. The molecule has 5 nitrogen and oxygen atoms in total. The second-order valence-corrected chi connectivity index (χ2v) is 5.71. The molecule has 0 saturated heterocycles. The second-order valence-electron chi connectivity index (χ2n) is 5.71. The molecule has 0 spiro atoms. The van der Waals surface area contributed by atoms with Gasteiger partial charge in [-0.3, -0.25) is 14.6 Å². The smallest absolute Gasteiger partial charge is 0.224 e. The van der Waals surface area contributed by atoms with E-state index in [1.165, 1.54) is 6.92 Å². The van der Waals surface area contributed by atoms with E-state index in [4.69, 9.17) is 0 Å². The van der Waals surface area contributed by atoms with Crippen LogP contribution >= 0.6 is 0 Å². The van der Waals surface area contributed by atoms with Crippen LogP contribution in [0.25, 0.3) is 0 Å². The minimum absolute atomic E-state index is 0.0335. The van der Waals surface area contributed by atoms with E-state index in [9.17, 15) is 9.59 Å². The highest BCUT2D eigenvalue weighted by Crippen LogP contribution is 2.07. The van der Waals surface area contributed by atoms with Crippen LogP contribution in [0.5, 0.6) is 0 Å². The molecule has 0 saturated carbocycles. The van der Waals surface area contributed by atoms with Crippen LogP contribution < -0.4 is 5.32 Å². The van der Waals surface area contributed by atoms with E-state index in [1.54, 1.807) is 11.1 Å². The van der Waals surface area contributed by atoms with Gasteiger partial charge in [0.2, 0.25) is 11.8 Å². The first-order chi connectivity index (χ1) is 11.6. The third kappa shape index (κ3) is 5.50. The first kappa shape index (κ1) is 17.7. The summed E-state index contributed by atoms with van der Waals surface area (Å²) in [6, 6.07) is 13.5. The van der Waals surface area contributed by atoms with Crippen molar-refractivity contribution in [1.29, 1.82) is 0 Å². The summed E-state index contributed by atoms with van der Waals surface area (Å²) in [6.07, 6.45) is 2.06. The van der Waals surface area contributed by atoms with E-state index in [2.05, 4.69) is 10.3 Å². The van der Waals surface area contributed by atoms with Crippen molar-refractivity contribution < 1.29 is 9.59 Å². The van der Waals surface area contributed by atoms with Crippen LogP contribution in [0.2, 0.25) is 0 Å². The number of aromatic nitrogens is 1. The van der Waals surface area contributed by atoms with E-state index in [1.807, 2.05) is 49.4 Å². The lowest BCUT2D eigenvalue weighted by atomic mass is 10.1. The van der Waals surface area contributed by atoms with Gasteiger partial charge in [-0.1, -0.05) is 30.3 Å². The number of hydrogen-bond acceptors (Lipinski definition) is 3. The van der Waals surface area contributed by atoms with Gasteiger partial charge in [-0.25, -0.2) is 0 Å². The van der Waals surface area contributed by atoms with Crippen LogP contribution in [-0.4, -0.2) is 34.8 Å². The summed E-state index contributed by atoms with van der Waals surface area (Å²) in [5.41, 5.74) is 2.96. The van der Waals surface area contributed by atoms with Crippen molar-refractivity contribution in [2.45, 2.75) is 26.8 Å². The first-order valence-electron chi connectivity index (χ1n) is 8.03. The van der Waals surface area contributed by atoms with E-state index in [0.717, 1.165) is 16.8 Å². The van der Waals surface area contributed by atoms with E-state index >= 15 is 0 Å². The van der Waals surface area contributed by atoms with Crippen LogP contribution in [0, 0.1) is 6.92 Å². The van der Waals surface area contributed by atoms with E-state index in [0.29, 0.717) is 26.1 Å². The Kier molecular flexibility index (Phi) is 6.49. The zero-order chi connectivity index (χ0) is 17.4. The number of hydrogen-bond donors (Lipinski definition) is 1. The van der Waals surface area contributed by atoms with Gasteiger partial charge in [0, 0.05) is 26.2 Å². The van der Waals surface area contributed by atoms with Crippen LogP contribution in [0.15, 0.2) is 48.7 Å². The Hall–Kier alpha value is -2.69. The Morgan fingerprint density at radius 3 is 2.54 bits per heavy atom. The van der Waals surface area contributed by atoms with Crippen LogP contribution in [0.4, 0.5) is 0 Å². The average molecular weight is 325 g/mol. The molecule has 0 bridgehead atoms. The van der Waals surface area contributed by atoms with E-state index in [-0.39, 0.29) is 11.8 Å². The minimum Gasteiger partial charge on any atom is -0.354 e. The Morgan fingerprint density at radius 2 is 1.88 bits per heavy atom. The van der Waals surface area contributed by atoms with Crippen molar-refractivity contribution in [2.24, 2.45) is 0 Å². The first-order valence-corrected chi connectivity index (χ1v) is 8.03. The summed E-state index contributed by atoms with van der Waals surface area (Å²) < 4.78 is 0. The summed E-state index contributed by atoms with van der Waals surface area (Å²) in [7, 11) is 0. The molecule has 0 radical (unpaired) electrons. The summed E-state index contributed by atoms with van der Waals surface area (Å²) in [4.78, 5) is 29.7. The Morgan fingerprint density at radius 1 is 1.12 bits per heavy atom. The summed E-state index contributed by atoms with van der Waals surface area (Å²) in [5, 5.41) is 2.88. The highest BCUT2D eigenvalue weighted by Gasteiger charge is 2.11. The van der Waals surface area contributed by atoms with Crippen molar-refractivity contribution in [2.75, 3.05) is 13.1 Å². The van der Waals surface area contributed by atoms with Gasteiger partial charge in [0.1, 0.15) is 0 Å². The molecule has 0 aliphatic rings. The molecular formula is C19H23N3O2. The van der Waals surface area contributed by atoms with Crippen LogP contribution in [0.3, 0.4) is 0 Å². The molecular weight excluding hydrogens is 302 g/mol. The standard InChI is InChI=1S/C19H23N3O2/c1-15-7-3-4-8-17(15)13-19(24)21-11-12-22(16(2)23)14-18-9-5-6-10-20-18/h3-10H,11-14H2,1-2H3,(H,21,24). The van der Waals surface area contributed by atoms with Crippen molar-refractivity contribution >= 4 is 11.8 Å². The van der Waals surface area contributed by atoms with Gasteiger partial charge in [0.05, 0.1) is 18.7 Å². The predicted octanol–water partition coefficient (Wildman–Crippen LogP) is 2.10. The number of rotatable bonds is 7. The van der Waals surface area contributed by atoms with Gasteiger partial charge in [0.15, 0.2) is 0 Å². The average Bonchev–Trinajstić information content (AvgIpc) is 2.57. The number of nitrogens with one attached hydrogen (secondary N) is 1. The lowest BCUT2D eigenvalue weighted by molar-refractivity contribution is -0.130. The molecule has 1 aromatic carbocycles. The number of nitrogens with zero attached hydrogens (tertiary/aromatic N) is 2. The van der Waals surface area contributed by atoms with Crippen molar-refractivity contribution in [3.05, 3.63) is 65.5 Å². The second kappa shape index (κ2) is 8.82. The highest BCUT2D eigenvalue weighted by molar-refractivity contribution is 5.79. The van der Waals surface area contributed by atoms with Crippen LogP contribution in [0.1, 0.15) is 23.7 Å².